The van der Waals surface area contributed by atoms with Crippen LogP contribution in [0.5, 0.6) is 0 Å². The number of nitrogens with zero attached hydrogens (tertiary/aromatic N) is 1. The van der Waals surface area contributed by atoms with Crippen LogP contribution in [0.3, 0.4) is 0 Å². The third-order valence-electron chi connectivity index (χ3n) is 3.20. The molecule has 0 fully saturated rings. The maximum Gasteiger partial charge on any atom is 0.261 e. The van der Waals surface area contributed by atoms with Gasteiger partial charge in [0.2, 0.25) is 5.91 Å². The zero-order valence-electron chi connectivity index (χ0n) is 12.4. The molecule has 116 valence electrons. The van der Waals surface area contributed by atoms with Crippen molar-refractivity contribution in [3.63, 3.8) is 0 Å². The molecule has 0 unspecified atom stereocenters. The normalized spacial score (nSPS) is 10.3. The van der Waals surface area contributed by atoms with Crippen molar-refractivity contribution in [3.05, 3.63) is 51.2 Å². The Hall–Kier alpha value is -1.85. The highest BCUT2D eigenvalue weighted by molar-refractivity contribution is 7.12. The van der Waals surface area contributed by atoms with Crippen LogP contribution in [0.15, 0.2) is 35.7 Å². The molecule has 0 bridgehead atoms. The largest absolute Gasteiger partial charge is 0.350 e. The first kappa shape index (κ1) is 16.5. The minimum Gasteiger partial charge on any atom is -0.350 e. The molecular weight excluding hydrogens is 320 g/mol. The number of nitrogens with one attached hydrogen (secondary N) is 1. The van der Waals surface area contributed by atoms with Gasteiger partial charge in [-0.15, -0.1) is 11.3 Å². The molecule has 0 aliphatic heterocycles. The Bertz CT molecular complexity index is 671. The lowest BCUT2D eigenvalue weighted by Crippen LogP contribution is -2.37. The standard InChI is InChI=1S/C16H17ClN2O2S/c1-11-10-13(17)5-6-14(11)19(12(2)20)8-7-18-16(21)15-4-3-9-22-15/h3-6,9-10H,7-8H2,1-2H3,(H,18,21). The number of hydrogen-bond donors (Lipinski definition) is 1. The third kappa shape index (κ3) is 4.08. The number of halogens is 1. The molecule has 1 aromatic heterocycles. The smallest absolute Gasteiger partial charge is 0.261 e. The van der Waals surface area contributed by atoms with Crippen molar-refractivity contribution in [2.24, 2.45) is 0 Å². The van der Waals surface area contributed by atoms with Gasteiger partial charge >= 0.3 is 0 Å². The molecule has 6 heteroatoms. The van der Waals surface area contributed by atoms with Crippen LogP contribution in [-0.4, -0.2) is 24.9 Å². The van der Waals surface area contributed by atoms with Gasteiger partial charge in [0.15, 0.2) is 0 Å². The summed E-state index contributed by atoms with van der Waals surface area (Å²) < 4.78 is 0. The van der Waals surface area contributed by atoms with Gasteiger partial charge in [-0.25, -0.2) is 0 Å². The van der Waals surface area contributed by atoms with Crippen LogP contribution in [-0.2, 0) is 4.79 Å². The van der Waals surface area contributed by atoms with Gasteiger partial charge in [0.1, 0.15) is 0 Å². The van der Waals surface area contributed by atoms with E-state index in [-0.39, 0.29) is 11.8 Å². The minimum atomic E-state index is -0.119. The van der Waals surface area contributed by atoms with E-state index in [1.807, 2.05) is 30.5 Å². The maximum absolute atomic E-state index is 11.9. The van der Waals surface area contributed by atoms with Gasteiger partial charge in [-0.05, 0) is 42.1 Å². The molecule has 4 nitrogen and oxygen atoms in total. The lowest BCUT2D eigenvalue weighted by atomic mass is 10.2. The molecule has 0 spiro atoms. The predicted octanol–water partition coefficient (Wildman–Crippen LogP) is 3.49. The Kier molecular flexibility index (Phi) is 5.57. The zero-order valence-corrected chi connectivity index (χ0v) is 14.0. The fourth-order valence-corrected chi connectivity index (χ4v) is 3.01. The summed E-state index contributed by atoms with van der Waals surface area (Å²) in [5, 5.41) is 5.31. The Labute approximate surface area is 138 Å². The van der Waals surface area contributed by atoms with Gasteiger partial charge in [0.05, 0.1) is 4.88 Å². The predicted molar refractivity (Wildman–Crippen MR) is 90.9 cm³/mol. The van der Waals surface area contributed by atoms with E-state index < -0.39 is 0 Å². The van der Waals surface area contributed by atoms with Gasteiger partial charge < -0.3 is 10.2 Å². The molecule has 1 N–H and O–H groups in total. The van der Waals surface area contributed by atoms with Crippen molar-refractivity contribution >= 4 is 40.4 Å². The van der Waals surface area contributed by atoms with E-state index in [0.717, 1.165) is 11.3 Å². The van der Waals surface area contributed by atoms with E-state index >= 15 is 0 Å². The summed E-state index contributed by atoms with van der Waals surface area (Å²) in [7, 11) is 0. The summed E-state index contributed by atoms with van der Waals surface area (Å²) in [6.07, 6.45) is 0. The third-order valence-corrected chi connectivity index (χ3v) is 4.30. The number of thiophene rings is 1. The molecule has 0 atom stereocenters. The molecule has 1 heterocycles. The van der Waals surface area contributed by atoms with Crippen molar-refractivity contribution < 1.29 is 9.59 Å². The van der Waals surface area contributed by atoms with E-state index in [1.165, 1.54) is 18.3 Å². The van der Waals surface area contributed by atoms with Crippen LogP contribution in [0.25, 0.3) is 0 Å². The second-order valence-electron chi connectivity index (χ2n) is 4.83. The quantitative estimate of drug-likeness (QED) is 0.908. The van der Waals surface area contributed by atoms with Crippen molar-refractivity contribution in [1.29, 1.82) is 0 Å². The molecule has 1 aromatic carbocycles. The Morgan fingerprint density at radius 2 is 2.09 bits per heavy atom. The summed E-state index contributed by atoms with van der Waals surface area (Å²) in [5.41, 5.74) is 1.73. The summed E-state index contributed by atoms with van der Waals surface area (Å²) >= 11 is 7.33. The Morgan fingerprint density at radius 1 is 1.32 bits per heavy atom. The van der Waals surface area contributed by atoms with E-state index in [0.29, 0.717) is 23.0 Å². The van der Waals surface area contributed by atoms with Crippen LogP contribution < -0.4 is 10.2 Å². The maximum atomic E-state index is 11.9. The summed E-state index contributed by atoms with van der Waals surface area (Å²) in [5.74, 6) is -0.192. The number of carbonyl (C=O) groups excluding carboxylic acids is 2. The number of aryl methyl sites for hydroxylation is 1. The van der Waals surface area contributed by atoms with Crippen LogP contribution >= 0.6 is 22.9 Å². The summed E-state index contributed by atoms with van der Waals surface area (Å²) in [4.78, 5) is 26.1. The second-order valence-corrected chi connectivity index (χ2v) is 6.22. The highest BCUT2D eigenvalue weighted by Crippen LogP contribution is 2.23. The first-order valence-corrected chi connectivity index (χ1v) is 8.11. The molecular formula is C16H17ClN2O2S. The highest BCUT2D eigenvalue weighted by Gasteiger charge is 2.14. The van der Waals surface area contributed by atoms with Crippen molar-refractivity contribution in [2.75, 3.05) is 18.0 Å². The first-order chi connectivity index (χ1) is 10.5. The molecule has 0 aliphatic carbocycles. The van der Waals surface area contributed by atoms with E-state index in [4.69, 9.17) is 11.6 Å². The fraction of sp³-hybridized carbons (Fsp3) is 0.250. The number of rotatable bonds is 5. The van der Waals surface area contributed by atoms with Crippen molar-refractivity contribution in [2.45, 2.75) is 13.8 Å². The minimum absolute atomic E-state index is 0.0733. The Morgan fingerprint density at radius 3 is 2.68 bits per heavy atom. The van der Waals surface area contributed by atoms with Crippen LogP contribution in [0.4, 0.5) is 5.69 Å². The van der Waals surface area contributed by atoms with Gasteiger partial charge in [0, 0.05) is 30.7 Å². The molecule has 2 rings (SSSR count). The molecule has 0 radical (unpaired) electrons. The van der Waals surface area contributed by atoms with E-state index in [2.05, 4.69) is 5.32 Å². The lowest BCUT2D eigenvalue weighted by molar-refractivity contribution is -0.116. The number of carbonyl (C=O) groups is 2. The zero-order chi connectivity index (χ0) is 16.1. The SMILES string of the molecule is CC(=O)N(CCNC(=O)c1cccs1)c1ccc(Cl)cc1C. The van der Waals surface area contributed by atoms with Crippen molar-refractivity contribution in [1.82, 2.24) is 5.32 Å². The molecule has 2 aromatic rings. The molecule has 0 aliphatic rings. The van der Waals surface area contributed by atoms with Gasteiger partial charge in [-0.3, -0.25) is 9.59 Å². The number of amides is 2. The summed E-state index contributed by atoms with van der Waals surface area (Å²) in [6.45, 7) is 4.21. The first-order valence-electron chi connectivity index (χ1n) is 6.85. The average Bonchev–Trinajstić information content (AvgIpc) is 2.98. The van der Waals surface area contributed by atoms with E-state index in [1.54, 1.807) is 17.0 Å². The van der Waals surface area contributed by atoms with Crippen LogP contribution in [0, 0.1) is 6.92 Å². The van der Waals surface area contributed by atoms with Crippen LogP contribution in [0.2, 0.25) is 5.02 Å². The molecule has 0 saturated heterocycles. The van der Waals surface area contributed by atoms with Gasteiger partial charge in [0.25, 0.3) is 5.91 Å². The highest BCUT2D eigenvalue weighted by atomic mass is 35.5. The second kappa shape index (κ2) is 7.42. The molecule has 0 saturated carbocycles. The van der Waals surface area contributed by atoms with E-state index in [9.17, 15) is 9.59 Å². The fourth-order valence-electron chi connectivity index (χ4n) is 2.15. The lowest BCUT2D eigenvalue weighted by Gasteiger charge is -2.23. The summed E-state index contributed by atoms with van der Waals surface area (Å²) in [6, 6.07) is 8.99. The molecule has 22 heavy (non-hydrogen) atoms. The number of anilines is 1. The van der Waals surface area contributed by atoms with Crippen molar-refractivity contribution in [3.8, 4) is 0 Å². The van der Waals surface area contributed by atoms with Gasteiger partial charge in [-0.2, -0.15) is 0 Å². The number of hydrogen-bond acceptors (Lipinski definition) is 3. The average molecular weight is 337 g/mol. The number of benzene rings is 1. The van der Waals surface area contributed by atoms with Gasteiger partial charge in [-0.1, -0.05) is 17.7 Å². The topological polar surface area (TPSA) is 49.4 Å². The van der Waals surface area contributed by atoms with Crippen LogP contribution in [0.1, 0.15) is 22.2 Å². The Balaban J connectivity index is 2.01. The molecule has 2 amide bonds. The monoisotopic (exact) mass is 336 g/mol.